The van der Waals surface area contributed by atoms with Crippen LogP contribution in [0.25, 0.3) is 0 Å². The maximum absolute atomic E-state index is 13.1. The van der Waals surface area contributed by atoms with Gasteiger partial charge >= 0.3 is 0 Å². The van der Waals surface area contributed by atoms with Crippen LogP contribution in [-0.4, -0.2) is 37.3 Å². The predicted molar refractivity (Wildman–Crippen MR) is 117 cm³/mol. The van der Waals surface area contributed by atoms with Gasteiger partial charge in [0.1, 0.15) is 0 Å². The van der Waals surface area contributed by atoms with Crippen LogP contribution in [0, 0.1) is 0 Å². The quantitative estimate of drug-likeness (QED) is 0.600. The zero-order valence-electron chi connectivity index (χ0n) is 17.0. The van der Waals surface area contributed by atoms with E-state index in [0.29, 0.717) is 24.3 Å². The maximum Gasteiger partial charge on any atom is 0.253 e. The van der Waals surface area contributed by atoms with Gasteiger partial charge in [0.25, 0.3) is 5.91 Å². The summed E-state index contributed by atoms with van der Waals surface area (Å²) in [5.74, 6) is -0.118. The largest absolute Gasteiger partial charge is 0.339 e. The Morgan fingerprint density at radius 1 is 0.933 bits per heavy atom. The summed E-state index contributed by atoms with van der Waals surface area (Å²) < 4.78 is 28.9. The van der Waals surface area contributed by atoms with Crippen LogP contribution in [0.1, 0.15) is 41.5 Å². The summed E-state index contributed by atoms with van der Waals surface area (Å²) in [5, 5.41) is 0. The van der Waals surface area contributed by atoms with Crippen LogP contribution in [0.3, 0.4) is 0 Å². The van der Waals surface area contributed by atoms with Crippen molar-refractivity contribution in [1.82, 2.24) is 14.6 Å². The van der Waals surface area contributed by atoms with Crippen molar-refractivity contribution in [3.63, 3.8) is 0 Å². The Balaban J connectivity index is 1.89. The number of pyridine rings is 1. The molecule has 1 N–H and O–H groups in total. The highest BCUT2D eigenvalue weighted by Gasteiger charge is 2.24. The van der Waals surface area contributed by atoms with Crippen molar-refractivity contribution in [3.8, 4) is 0 Å². The van der Waals surface area contributed by atoms with Crippen molar-refractivity contribution in [2.24, 2.45) is 0 Å². The predicted octanol–water partition coefficient (Wildman–Crippen LogP) is 3.63. The van der Waals surface area contributed by atoms with Crippen LogP contribution in [0.4, 0.5) is 0 Å². The Morgan fingerprint density at radius 2 is 1.57 bits per heavy atom. The minimum atomic E-state index is -3.84. The van der Waals surface area contributed by atoms with Crippen LogP contribution in [0.2, 0.25) is 0 Å². The first-order valence-corrected chi connectivity index (χ1v) is 11.3. The number of nitrogens with zero attached hydrogens (tertiary/aromatic N) is 2. The molecule has 30 heavy (non-hydrogen) atoms. The Hall–Kier alpha value is -3.03. The number of hydrogen-bond acceptors (Lipinski definition) is 4. The molecular weight excluding hydrogens is 398 g/mol. The first-order chi connectivity index (χ1) is 14.5. The second kappa shape index (κ2) is 9.65. The fraction of sp³-hybridized carbons (Fsp3) is 0.217. The zero-order chi connectivity index (χ0) is 21.6. The maximum atomic E-state index is 13.1. The molecular formula is C23H25N3O3S. The molecule has 0 saturated carbocycles. The van der Waals surface area contributed by atoms with Gasteiger partial charge in [0.05, 0.1) is 16.6 Å². The highest BCUT2D eigenvalue weighted by Crippen LogP contribution is 2.23. The summed E-state index contributed by atoms with van der Waals surface area (Å²) in [7, 11) is -3.84. The third kappa shape index (κ3) is 4.93. The van der Waals surface area contributed by atoms with Gasteiger partial charge in [-0.2, -0.15) is 4.72 Å². The Labute approximate surface area is 177 Å². The SMILES string of the molecule is CCN(CC)C(=O)c1ccc(S(=O)(=O)NC(c2ccccc2)c2ccccn2)cc1. The molecule has 1 heterocycles. The number of sulfonamides is 1. The summed E-state index contributed by atoms with van der Waals surface area (Å²) in [6.45, 7) is 5.01. The van der Waals surface area contributed by atoms with Gasteiger partial charge in [0, 0.05) is 24.8 Å². The Bertz CT molecular complexity index is 1030. The van der Waals surface area contributed by atoms with Gasteiger partial charge < -0.3 is 4.90 Å². The first kappa shape index (κ1) is 21.7. The summed E-state index contributed by atoms with van der Waals surface area (Å²) >= 11 is 0. The van der Waals surface area contributed by atoms with Gasteiger partial charge in [0.2, 0.25) is 10.0 Å². The van der Waals surface area contributed by atoms with E-state index in [-0.39, 0.29) is 10.8 Å². The molecule has 0 bridgehead atoms. The Morgan fingerprint density at radius 3 is 2.13 bits per heavy atom. The van der Waals surface area contributed by atoms with Crippen molar-refractivity contribution >= 4 is 15.9 Å². The van der Waals surface area contributed by atoms with Gasteiger partial charge in [-0.25, -0.2) is 8.42 Å². The number of rotatable bonds is 8. The van der Waals surface area contributed by atoms with Crippen LogP contribution in [0.15, 0.2) is 83.9 Å². The normalized spacial score (nSPS) is 12.3. The molecule has 1 aromatic heterocycles. The molecule has 0 saturated heterocycles. The van der Waals surface area contributed by atoms with Crippen molar-refractivity contribution in [3.05, 3.63) is 95.8 Å². The van der Waals surface area contributed by atoms with Crippen molar-refractivity contribution < 1.29 is 13.2 Å². The molecule has 156 valence electrons. The summed E-state index contributed by atoms with van der Waals surface area (Å²) in [5.41, 5.74) is 1.84. The lowest BCUT2D eigenvalue weighted by atomic mass is 10.0. The third-order valence-electron chi connectivity index (χ3n) is 4.85. The third-order valence-corrected chi connectivity index (χ3v) is 6.29. The van der Waals surface area contributed by atoms with Crippen LogP contribution < -0.4 is 4.72 Å². The standard InChI is InChI=1S/C23H25N3O3S/c1-3-26(4-2)23(27)19-13-15-20(16-14-19)30(28,29)25-22(18-10-6-5-7-11-18)21-12-8-9-17-24-21/h5-17,22,25H,3-4H2,1-2H3. The number of hydrogen-bond donors (Lipinski definition) is 1. The van der Waals surface area contributed by atoms with Gasteiger partial charge in [-0.3, -0.25) is 9.78 Å². The molecule has 2 aromatic carbocycles. The van der Waals surface area contributed by atoms with Crippen molar-refractivity contribution in [2.75, 3.05) is 13.1 Å². The molecule has 0 aliphatic rings. The summed E-state index contributed by atoms with van der Waals surface area (Å²) in [6, 6.07) is 20.1. The highest BCUT2D eigenvalue weighted by atomic mass is 32.2. The lowest BCUT2D eigenvalue weighted by Crippen LogP contribution is -2.31. The first-order valence-electron chi connectivity index (χ1n) is 9.83. The summed E-state index contributed by atoms with van der Waals surface area (Å²) in [4.78, 5) is 18.6. The average molecular weight is 424 g/mol. The minimum Gasteiger partial charge on any atom is -0.339 e. The molecule has 1 amide bonds. The minimum absolute atomic E-state index is 0.0930. The molecule has 0 aliphatic carbocycles. The molecule has 0 radical (unpaired) electrons. The number of carbonyl (C=O) groups excluding carboxylic acids is 1. The van der Waals surface area contributed by atoms with Gasteiger partial charge in [-0.15, -0.1) is 0 Å². The van der Waals surface area contributed by atoms with E-state index < -0.39 is 16.1 Å². The fourth-order valence-corrected chi connectivity index (χ4v) is 4.38. The molecule has 6 nitrogen and oxygen atoms in total. The highest BCUT2D eigenvalue weighted by molar-refractivity contribution is 7.89. The van der Waals surface area contributed by atoms with Crippen molar-refractivity contribution in [2.45, 2.75) is 24.8 Å². The molecule has 3 rings (SSSR count). The van der Waals surface area contributed by atoms with Crippen LogP contribution >= 0.6 is 0 Å². The second-order valence-corrected chi connectivity index (χ2v) is 8.44. The molecule has 0 fully saturated rings. The number of amides is 1. The number of carbonyl (C=O) groups is 1. The molecule has 1 atom stereocenters. The van der Waals surface area contributed by atoms with E-state index in [4.69, 9.17) is 0 Å². The van der Waals surface area contributed by atoms with E-state index in [9.17, 15) is 13.2 Å². The molecule has 7 heteroatoms. The lowest BCUT2D eigenvalue weighted by Gasteiger charge is -2.20. The van der Waals surface area contributed by atoms with E-state index in [0.717, 1.165) is 5.56 Å². The second-order valence-electron chi connectivity index (χ2n) is 6.72. The molecule has 3 aromatic rings. The van der Waals surface area contributed by atoms with E-state index in [1.165, 1.54) is 12.1 Å². The molecule has 1 unspecified atom stereocenters. The molecule has 0 aliphatic heterocycles. The van der Waals surface area contributed by atoms with Gasteiger partial charge in [0.15, 0.2) is 0 Å². The summed E-state index contributed by atoms with van der Waals surface area (Å²) in [6.07, 6.45) is 1.63. The Kier molecular flexibility index (Phi) is 6.97. The van der Waals surface area contributed by atoms with E-state index >= 15 is 0 Å². The number of nitrogens with one attached hydrogen (secondary N) is 1. The zero-order valence-corrected chi connectivity index (χ0v) is 17.8. The van der Waals surface area contributed by atoms with E-state index in [1.54, 1.807) is 35.4 Å². The average Bonchev–Trinajstić information content (AvgIpc) is 2.79. The van der Waals surface area contributed by atoms with Crippen molar-refractivity contribution in [1.29, 1.82) is 0 Å². The number of benzene rings is 2. The number of aromatic nitrogens is 1. The fourth-order valence-electron chi connectivity index (χ4n) is 3.18. The topological polar surface area (TPSA) is 79.4 Å². The van der Waals surface area contributed by atoms with E-state index in [2.05, 4.69) is 9.71 Å². The van der Waals surface area contributed by atoms with Crippen LogP contribution in [-0.2, 0) is 10.0 Å². The van der Waals surface area contributed by atoms with Crippen LogP contribution in [0.5, 0.6) is 0 Å². The monoisotopic (exact) mass is 423 g/mol. The smallest absolute Gasteiger partial charge is 0.253 e. The van der Waals surface area contributed by atoms with E-state index in [1.807, 2.05) is 50.2 Å². The van der Waals surface area contributed by atoms with Gasteiger partial charge in [-0.05, 0) is 55.8 Å². The lowest BCUT2D eigenvalue weighted by molar-refractivity contribution is 0.0773. The molecule has 0 spiro atoms. The van der Waals surface area contributed by atoms with Gasteiger partial charge in [-0.1, -0.05) is 36.4 Å².